The number of halogens is 3. The van der Waals surface area contributed by atoms with Crippen molar-refractivity contribution in [3.63, 3.8) is 0 Å². The third-order valence-electron chi connectivity index (χ3n) is 1.72. The van der Waals surface area contributed by atoms with E-state index in [1.54, 1.807) is 5.38 Å². The Balaban J connectivity index is 2.54. The molecule has 0 fully saturated rings. The average molecular weight is 238 g/mol. The second-order valence-electron chi connectivity index (χ2n) is 2.89. The summed E-state index contributed by atoms with van der Waals surface area (Å²) in [5.41, 5.74) is 0. The van der Waals surface area contributed by atoms with E-state index in [4.69, 9.17) is 4.74 Å². The summed E-state index contributed by atoms with van der Waals surface area (Å²) >= 11 is 1.09. The van der Waals surface area contributed by atoms with E-state index in [0.29, 0.717) is 10.6 Å². The number of ketones is 1. The summed E-state index contributed by atoms with van der Waals surface area (Å²) in [5, 5.41) is 1.58. The molecule has 1 aromatic rings. The molecule has 0 unspecified atom stereocenters. The van der Waals surface area contributed by atoms with Gasteiger partial charge in [-0.3, -0.25) is 4.79 Å². The van der Waals surface area contributed by atoms with Crippen LogP contribution in [-0.4, -0.2) is 19.1 Å². The highest BCUT2D eigenvalue weighted by Crippen LogP contribution is 2.26. The smallest absolute Gasteiger partial charge is 0.389 e. The number of alkyl halides is 3. The van der Waals surface area contributed by atoms with Crippen molar-refractivity contribution in [1.82, 2.24) is 0 Å². The summed E-state index contributed by atoms with van der Waals surface area (Å²) in [5.74, 6) is -0.00372. The molecule has 1 rings (SSSR count). The molecule has 1 heterocycles. The Bertz CT molecular complexity index is 343. The van der Waals surface area contributed by atoms with E-state index in [9.17, 15) is 18.0 Å². The molecule has 0 N–H and O–H groups in total. The summed E-state index contributed by atoms with van der Waals surface area (Å²) in [6, 6.07) is 1.45. The number of methoxy groups -OCH3 is 1. The van der Waals surface area contributed by atoms with Gasteiger partial charge in [0.1, 0.15) is 5.75 Å². The minimum absolute atomic E-state index is 0.302. The van der Waals surface area contributed by atoms with Gasteiger partial charge in [-0.2, -0.15) is 13.2 Å². The van der Waals surface area contributed by atoms with E-state index in [1.165, 1.54) is 13.2 Å². The Morgan fingerprint density at radius 2 is 2.20 bits per heavy atom. The van der Waals surface area contributed by atoms with Crippen molar-refractivity contribution in [3.05, 3.63) is 16.3 Å². The molecular weight excluding hydrogens is 229 g/mol. The second-order valence-corrected chi connectivity index (χ2v) is 3.80. The lowest BCUT2D eigenvalue weighted by molar-refractivity contribution is -0.133. The maximum absolute atomic E-state index is 11.8. The van der Waals surface area contributed by atoms with E-state index in [2.05, 4.69) is 0 Å². The molecule has 0 saturated heterocycles. The van der Waals surface area contributed by atoms with Crippen LogP contribution >= 0.6 is 11.3 Å². The fourth-order valence-corrected chi connectivity index (χ4v) is 1.78. The lowest BCUT2D eigenvalue weighted by Gasteiger charge is -2.03. The minimum Gasteiger partial charge on any atom is -0.496 e. The summed E-state index contributed by atoms with van der Waals surface area (Å²) in [7, 11) is 1.44. The van der Waals surface area contributed by atoms with Crippen LogP contribution in [0.3, 0.4) is 0 Å². The van der Waals surface area contributed by atoms with Gasteiger partial charge < -0.3 is 4.74 Å². The molecule has 0 amide bonds. The van der Waals surface area contributed by atoms with Crippen molar-refractivity contribution in [2.45, 2.75) is 19.0 Å². The van der Waals surface area contributed by atoms with Crippen LogP contribution in [-0.2, 0) is 0 Å². The first kappa shape index (κ1) is 12.0. The monoisotopic (exact) mass is 238 g/mol. The normalized spacial score (nSPS) is 11.5. The third-order valence-corrected chi connectivity index (χ3v) is 2.67. The molecule has 0 atom stereocenters. The lowest BCUT2D eigenvalue weighted by atomic mass is 10.2. The van der Waals surface area contributed by atoms with Crippen molar-refractivity contribution in [3.8, 4) is 5.75 Å². The molecule has 15 heavy (non-hydrogen) atoms. The Labute approximate surface area is 88.7 Å². The number of hydrogen-bond acceptors (Lipinski definition) is 3. The third kappa shape index (κ3) is 3.91. The molecule has 1 aromatic heterocycles. The Kier molecular flexibility index (Phi) is 3.73. The summed E-state index contributed by atoms with van der Waals surface area (Å²) < 4.78 is 40.3. The first-order chi connectivity index (χ1) is 6.92. The summed E-state index contributed by atoms with van der Waals surface area (Å²) in [6.07, 6.45) is -5.86. The van der Waals surface area contributed by atoms with Gasteiger partial charge >= 0.3 is 6.18 Å². The van der Waals surface area contributed by atoms with Gasteiger partial charge in [-0.05, 0) is 0 Å². The molecule has 0 aliphatic rings. The van der Waals surface area contributed by atoms with Crippen LogP contribution in [0, 0.1) is 0 Å². The topological polar surface area (TPSA) is 26.3 Å². The first-order valence-electron chi connectivity index (χ1n) is 4.15. The van der Waals surface area contributed by atoms with E-state index < -0.39 is 24.8 Å². The predicted octanol–water partition coefficient (Wildman–Crippen LogP) is 3.28. The second kappa shape index (κ2) is 4.65. The van der Waals surface area contributed by atoms with Gasteiger partial charge in [-0.15, -0.1) is 11.3 Å². The first-order valence-corrected chi connectivity index (χ1v) is 5.03. The molecule has 0 aliphatic heterocycles. The number of rotatable bonds is 4. The van der Waals surface area contributed by atoms with Gasteiger partial charge in [0.15, 0.2) is 5.78 Å². The van der Waals surface area contributed by atoms with Crippen LogP contribution in [0.2, 0.25) is 0 Å². The number of Topliss-reactive ketones (excluding diaryl/α,β-unsaturated/α-hetero) is 1. The summed E-state index contributed by atoms with van der Waals surface area (Å²) in [6.45, 7) is 0. The molecule has 0 aliphatic carbocycles. The highest BCUT2D eigenvalue weighted by atomic mass is 32.1. The molecule has 6 heteroatoms. The van der Waals surface area contributed by atoms with Crippen LogP contribution in [0.5, 0.6) is 5.75 Å². The van der Waals surface area contributed by atoms with Gasteiger partial charge in [0.25, 0.3) is 0 Å². The zero-order chi connectivity index (χ0) is 11.5. The highest BCUT2D eigenvalue weighted by molar-refractivity contribution is 7.12. The van der Waals surface area contributed by atoms with Crippen LogP contribution in [0.1, 0.15) is 22.5 Å². The molecule has 0 bridgehead atoms. The molecular formula is C9H9F3O2S. The van der Waals surface area contributed by atoms with Gasteiger partial charge in [0.05, 0.1) is 18.4 Å². The quantitative estimate of drug-likeness (QED) is 0.752. The summed E-state index contributed by atoms with van der Waals surface area (Å²) in [4.78, 5) is 11.6. The maximum Gasteiger partial charge on any atom is 0.389 e. The van der Waals surface area contributed by atoms with Crippen molar-refractivity contribution in [1.29, 1.82) is 0 Å². The largest absolute Gasteiger partial charge is 0.496 e. The number of carbonyl (C=O) groups is 1. The van der Waals surface area contributed by atoms with Crippen molar-refractivity contribution in [2.24, 2.45) is 0 Å². The fraction of sp³-hybridized carbons (Fsp3) is 0.444. The van der Waals surface area contributed by atoms with Crippen LogP contribution in [0.15, 0.2) is 11.4 Å². The van der Waals surface area contributed by atoms with Gasteiger partial charge in [0.2, 0.25) is 0 Å². The van der Waals surface area contributed by atoms with Crippen molar-refractivity contribution < 1.29 is 22.7 Å². The van der Waals surface area contributed by atoms with Crippen LogP contribution in [0.25, 0.3) is 0 Å². The maximum atomic E-state index is 11.8. The molecule has 0 aromatic carbocycles. The van der Waals surface area contributed by atoms with E-state index in [1.807, 2.05) is 0 Å². The molecule has 84 valence electrons. The zero-order valence-corrected chi connectivity index (χ0v) is 8.74. The number of hydrogen-bond donors (Lipinski definition) is 0. The van der Waals surface area contributed by atoms with Gasteiger partial charge in [0, 0.05) is 17.9 Å². The van der Waals surface area contributed by atoms with Gasteiger partial charge in [-0.25, -0.2) is 0 Å². The molecule has 0 spiro atoms. The standard InChI is InChI=1S/C9H9F3O2S/c1-14-6-4-8(15-5-6)7(13)2-3-9(10,11)12/h4-5H,2-3H2,1H3. The predicted molar refractivity (Wildman–Crippen MR) is 50.5 cm³/mol. The number of thiophene rings is 1. The molecule has 0 radical (unpaired) electrons. The lowest BCUT2D eigenvalue weighted by Crippen LogP contribution is -2.10. The molecule has 0 saturated carbocycles. The highest BCUT2D eigenvalue weighted by Gasteiger charge is 2.28. The Morgan fingerprint density at radius 1 is 1.53 bits per heavy atom. The van der Waals surface area contributed by atoms with Crippen LogP contribution < -0.4 is 4.74 Å². The number of carbonyl (C=O) groups excluding carboxylic acids is 1. The fourth-order valence-electron chi connectivity index (χ4n) is 0.951. The molecule has 2 nitrogen and oxygen atoms in total. The SMILES string of the molecule is COc1csc(C(=O)CCC(F)(F)F)c1. The zero-order valence-electron chi connectivity index (χ0n) is 7.93. The van der Waals surface area contributed by atoms with E-state index in [-0.39, 0.29) is 0 Å². The minimum atomic E-state index is -4.28. The van der Waals surface area contributed by atoms with E-state index in [0.717, 1.165) is 11.3 Å². The van der Waals surface area contributed by atoms with Crippen molar-refractivity contribution in [2.75, 3.05) is 7.11 Å². The van der Waals surface area contributed by atoms with E-state index >= 15 is 0 Å². The average Bonchev–Trinajstić information content (AvgIpc) is 2.61. The number of ether oxygens (including phenoxy) is 1. The Hall–Kier alpha value is -1.04. The van der Waals surface area contributed by atoms with Crippen LogP contribution in [0.4, 0.5) is 13.2 Å². The Morgan fingerprint density at radius 3 is 2.67 bits per heavy atom. The van der Waals surface area contributed by atoms with Crippen molar-refractivity contribution >= 4 is 17.1 Å². The van der Waals surface area contributed by atoms with Gasteiger partial charge in [-0.1, -0.05) is 0 Å².